The number of hydrogen-bond acceptors (Lipinski definition) is 5. The lowest BCUT2D eigenvalue weighted by molar-refractivity contribution is -0.149. The van der Waals surface area contributed by atoms with E-state index in [4.69, 9.17) is 4.74 Å². The highest BCUT2D eigenvalue weighted by Crippen LogP contribution is 2.28. The number of nitrogens with zero attached hydrogens (tertiary/aromatic N) is 2. The minimum Gasteiger partial charge on any atom is -0.464 e. The molecule has 21 heavy (non-hydrogen) atoms. The quantitative estimate of drug-likeness (QED) is 0.630. The highest BCUT2D eigenvalue weighted by atomic mass is 16.5. The Bertz CT molecular complexity index is 442. The molecule has 2 saturated heterocycles. The number of ether oxygens (including phenoxy) is 1. The Morgan fingerprint density at radius 3 is 2.81 bits per heavy atom. The molecular formula is C13H21N3O5. The Morgan fingerprint density at radius 2 is 2.19 bits per heavy atom. The number of rotatable bonds is 5. The molecule has 0 aliphatic carbocycles. The van der Waals surface area contributed by atoms with E-state index in [0.717, 1.165) is 6.42 Å². The highest BCUT2D eigenvalue weighted by molar-refractivity contribution is 5.91. The zero-order chi connectivity index (χ0) is 15.6. The number of amides is 3. The van der Waals surface area contributed by atoms with Crippen LogP contribution < -0.4 is 5.32 Å². The van der Waals surface area contributed by atoms with Gasteiger partial charge in [0.25, 0.3) is 0 Å². The number of hydrogen-bond donors (Lipinski definition) is 2. The molecule has 2 aliphatic rings. The first-order chi connectivity index (χ1) is 9.99. The van der Waals surface area contributed by atoms with Crippen LogP contribution in [0.2, 0.25) is 0 Å². The van der Waals surface area contributed by atoms with Crippen molar-refractivity contribution in [3.8, 4) is 0 Å². The van der Waals surface area contributed by atoms with Crippen LogP contribution in [0.4, 0.5) is 4.79 Å². The molecule has 0 spiro atoms. The van der Waals surface area contributed by atoms with E-state index in [0.29, 0.717) is 13.0 Å². The average Bonchev–Trinajstić information content (AvgIpc) is 2.69. The van der Waals surface area contributed by atoms with Gasteiger partial charge in [-0.25, -0.2) is 9.59 Å². The van der Waals surface area contributed by atoms with Crippen LogP contribution in [0.5, 0.6) is 0 Å². The van der Waals surface area contributed by atoms with Gasteiger partial charge in [-0.1, -0.05) is 0 Å². The molecule has 8 nitrogen and oxygen atoms in total. The predicted octanol–water partition coefficient (Wildman–Crippen LogP) is -1.07. The molecular weight excluding hydrogens is 278 g/mol. The van der Waals surface area contributed by atoms with Gasteiger partial charge >= 0.3 is 12.0 Å². The van der Waals surface area contributed by atoms with Gasteiger partial charge in [0.1, 0.15) is 6.04 Å². The van der Waals surface area contributed by atoms with Crippen LogP contribution in [0.25, 0.3) is 0 Å². The lowest BCUT2D eigenvalue weighted by Crippen LogP contribution is -2.54. The lowest BCUT2D eigenvalue weighted by atomic mass is 10.00. The number of carbonyl (C=O) groups is 3. The predicted molar refractivity (Wildman–Crippen MR) is 72.3 cm³/mol. The first-order valence-electron chi connectivity index (χ1n) is 7.10. The largest absolute Gasteiger partial charge is 0.464 e. The van der Waals surface area contributed by atoms with Crippen molar-refractivity contribution >= 4 is 17.9 Å². The van der Waals surface area contributed by atoms with Crippen molar-refractivity contribution in [1.29, 1.82) is 0 Å². The fourth-order valence-electron chi connectivity index (χ4n) is 2.80. The van der Waals surface area contributed by atoms with Gasteiger partial charge in [-0.05, 0) is 19.8 Å². The van der Waals surface area contributed by atoms with Crippen molar-refractivity contribution in [3.63, 3.8) is 0 Å². The summed E-state index contributed by atoms with van der Waals surface area (Å²) in [6, 6.07) is -1.71. The fourth-order valence-corrected chi connectivity index (χ4v) is 2.80. The fraction of sp³-hybridized carbons (Fsp3) is 0.769. The third-order valence-corrected chi connectivity index (χ3v) is 4.02. The number of piperidine rings is 1. The first kappa shape index (κ1) is 15.6. The van der Waals surface area contributed by atoms with Gasteiger partial charge in [0, 0.05) is 13.6 Å². The SMILES string of the molecule is CCOC(=O)[C@H](CO)NC(=O)[C@@H]1CC[C@@H]2CN1C(=O)N2C. The van der Waals surface area contributed by atoms with Gasteiger partial charge in [0.05, 0.1) is 19.3 Å². The molecule has 2 heterocycles. The van der Waals surface area contributed by atoms with Crippen molar-refractivity contribution in [1.82, 2.24) is 15.1 Å². The zero-order valence-electron chi connectivity index (χ0n) is 12.2. The Labute approximate surface area is 123 Å². The minimum atomic E-state index is -1.09. The van der Waals surface area contributed by atoms with E-state index in [1.165, 1.54) is 4.90 Å². The lowest BCUT2D eigenvalue weighted by Gasteiger charge is -2.30. The van der Waals surface area contributed by atoms with Crippen LogP contribution in [-0.2, 0) is 14.3 Å². The molecule has 2 bridgehead atoms. The summed E-state index contributed by atoms with van der Waals surface area (Å²) in [6.07, 6.45) is 1.30. The second-order valence-electron chi connectivity index (χ2n) is 5.29. The summed E-state index contributed by atoms with van der Waals surface area (Å²) in [5.74, 6) is -1.10. The van der Waals surface area contributed by atoms with Gasteiger partial charge in [-0.3, -0.25) is 4.79 Å². The van der Waals surface area contributed by atoms with Crippen LogP contribution in [0.15, 0.2) is 0 Å². The maximum absolute atomic E-state index is 12.3. The number of esters is 1. The Morgan fingerprint density at radius 1 is 1.48 bits per heavy atom. The summed E-state index contributed by atoms with van der Waals surface area (Å²) in [5.41, 5.74) is 0. The summed E-state index contributed by atoms with van der Waals surface area (Å²) in [5, 5.41) is 11.7. The third-order valence-electron chi connectivity index (χ3n) is 4.02. The normalized spacial score (nSPS) is 25.8. The number of carbonyl (C=O) groups excluding carboxylic acids is 3. The molecule has 0 saturated carbocycles. The van der Waals surface area contributed by atoms with Crippen LogP contribution in [0.1, 0.15) is 19.8 Å². The maximum atomic E-state index is 12.3. The van der Waals surface area contributed by atoms with E-state index in [9.17, 15) is 19.5 Å². The topological polar surface area (TPSA) is 99.2 Å². The van der Waals surface area contributed by atoms with Crippen molar-refractivity contribution in [3.05, 3.63) is 0 Å². The second-order valence-corrected chi connectivity index (χ2v) is 5.29. The molecule has 3 atom stereocenters. The van der Waals surface area contributed by atoms with Gasteiger partial charge in [0.2, 0.25) is 5.91 Å². The summed E-state index contributed by atoms with van der Waals surface area (Å²) in [7, 11) is 1.72. The van der Waals surface area contributed by atoms with Crippen LogP contribution in [0, 0.1) is 0 Å². The summed E-state index contributed by atoms with van der Waals surface area (Å²) in [4.78, 5) is 39.0. The van der Waals surface area contributed by atoms with Crippen molar-refractivity contribution < 1.29 is 24.2 Å². The minimum absolute atomic E-state index is 0.153. The molecule has 8 heteroatoms. The molecule has 0 aromatic rings. The van der Waals surface area contributed by atoms with Gasteiger partial charge in [-0.15, -0.1) is 0 Å². The monoisotopic (exact) mass is 299 g/mol. The van der Waals surface area contributed by atoms with E-state index >= 15 is 0 Å². The molecule has 2 fully saturated rings. The van der Waals surface area contributed by atoms with Gasteiger partial charge in [-0.2, -0.15) is 0 Å². The van der Waals surface area contributed by atoms with E-state index in [1.807, 2.05) is 0 Å². The van der Waals surface area contributed by atoms with Crippen molar-refractivity contribution in [2.75, 3.05) is 26.8 Å². The molecule has 2 N–H and O–H groups in total. The van der Waals surface area contributed by atoms with Crippen LogP contribution >= 0.6 is 0 Å². The van der Waals surface area contributed by atoms with E-state index in [2.05, 4.69) is 5.32 Å². The Hall–Kier alpha value is -1.83. The number of nitrogens with one attached hydrogen (secondary N) is 1. The van der Waals surface area contributed by atoms with Gasteiger partial charge in [0.15, 0.2) is 6.04 Å². The number of likely N-dealkylation sites (N-methyl/N-ethyl adjacent to an activating group) is 1. The van der Waals surface area contributed by atoms with Crippen molar-refractivity contribution in [2.24, 2.45) is 0 Å². The van der Waals surface area contributed by atoms with E-state index < -0.39 is 30.6 Å². The highest BCUT2D eigenvalue weighted by Gasteiger charge is 2.45. The smallest absolute Gasteiger partial charge is 0.331 e. The van der Waals surface area contributed by atoms with Crippen LogP contribution in [-0.4, -0.2) is 77.7 Å². The standard InChI is InChI=1S/C13H21N3O5/c1-3-21-12(19)9(7-17)14-11(18)10-5-4-8-6-16(10)13(20)15(8)2/h8-10,17H,3-7H2,1-2H3,(H,14,18)/t8-,9+,10+/m1/s1. The Kier molecular flexibility index (Phi) is 4.66. The molecule has 0 aromatic carbocycles. The molecule has 2 rings (SSSR count). The number of urea groups is 1. The van der Waals surface area contributed by atoms with Gasteiger partial charge < -0.3 is 25.0 Å². The second kappa shape index (κ2) is 6.30. The molecule has 0 radical (unpaired) electrons. The van der Waals surface area contributed by atoms with E-state index in [-0.39, 0.29) is 18.7 Å². The number of aliphatic hydroxyl groups is 1. The first-order valence-corrected chi connectivity index (χ1v) is 7.10. The zero-order valence-corrected chi connectivity index (χ0v) is 12.2. The summed E-state index contributed by atoms with van der Waals surface area (Å²) < 4.78 is 4.78. The molecule has 118 valence electrons. The Balaban J connectivity index is 2.00. The summed E-state index contributed by atoms with van der Waals surface area (Å²) in [6.45, 7) is 1.81. The average molecular weight is 299 g/mol. The number of aliphatic hydroxyl groups excluding tert-OH is 1. The molecule has 0 aromatic heterocycles. The summed E-state index contributed by atoms with van der Waals surface area (Å²) >= 11 is 0. The van der Waals surface area contributed by atoms with Crippen molar-refractivity contribution in [2.45, 2.75) is 37.9 Å². The third kappa shape index (κ3) is 2.94. The molecule has 3 amide bonds. The molecule has 2 aliphatic heterocycles. The maximum Gasteiger partial charge on any atom is 0.331 e. The molecule has 0 unspecified atom stereocenters. The van der Waals surface area contributed by atoms with E-state index in [1.54, 1.807) is 18.9 Å². The number of fused-ring (bicyclic) bond motifs is 2. The van der Waals surface area contributed by atoms with Crippen LogP contribution in [0.3, 0.4) is 0 Å².